The molecule has 0 fully saturated rings. The molecule has 0 atom stereocenters. The predicted octanol–water partition coefficient (Wildman–Crippen LogP) is 1.83. The van der Waals surface area contributed by atoms with E-state index >= 15 is 0 Å². The third-order valence-corrected chi connectivity index (χ3v) is 2.06. The van der Waals surface area contributed by atoms with Crippen molar-refractivity contribution in [1.82, 2.24) is 9.97 Å². The Morgan fingerprint density at radius 1 is 1.15 bits per heavy atom. The molecule has 2 aromatic rings. The van der Waals surface area contributed by atoms with Crippen LogP contribution in [0.5, 0.6) is 0 Å². The number of nitrogens with two attached hydrogens (primary N) is 1. The average molecular weight is 173 g/mol. The predicted molar refractivity (Wildman–Crippen MR) is 53.4 cm³/mol. The number of rotatable bonds is 0. The van der Waals surface area contributed by atoms with E-state index in [4.69, 9.17) is 5.73 Å². The fourth-order valence-electron chi connectivity index (χ4n) is 1.47. The van der Waals surface area contributed by atoms with Crippen LogP contribution < -0.4 is 5.73 Å². The molecule has 1 heterocycles. The lowest BCUT2D eigenvalue weighted by atomic mass is 10.1. The quantitative estimate of drug-likeness (QED) is 0.618. The number of hydrogen-bond acceptors (Lipinski definition) is 3. The molecular weight excluding hydrogens is 162 g/mol. The monoisotopic (exact) mass is 173 g/mol. The maximum atomic E-state index is 5.80. The summed E-state index contributed by atoms with van der Waals surface area (Å²) in [6.07, 6.45) is 0. The van der Waals surface area contributed by atoms with Crippen LogP contribution >= 0.6 is 0 Å². The summed E-state index contributed by atoms with van der Waals surface area (Å²) in [4.78, 5) is 8.58. The maximum absolute atomic E-state index is 5.80. The van der Waals surface area contributed by atoms with Crippen molar-refractivity contribution in [2.24, 2.45) is 0 Å². The molecule has 66 valence electrons. The van der Waals surface area contributed by atoms with E-state index in [1.807, 2.05) is 32.0 Å². The molecule has 3 nitrogen and oxygen atoms in total. The van der Waals surface area contributed by atoms with Gasteiger partial charge in [0.1, 0.15) is 5.82 Å². The van der Waals surface area contributed by atoms with Crippen molar-refractivity contribution in [3.8, 4) is 0 Å². The van der Waals surface area contributed by atoms with E-state index in [1.165, 1.54) is 0 Å². The van der Waals surface area contributed by atoms with Gasteiger partial charge in [0.25, 0.3) is 0 Å². The van der Waals surface area contributed by atoms with Crippen LogP contribution in [0.2, 0.25) is 0 Å². The van der Waals surface area contributed by atoms with Gasteiger partial charge in [0.15, 0.2) is 0 Å². The van der Waals surface area contributed by atoms with Crippen LogP contribution in [0.4, 0.5) is 5.69 Å². The van der Waals surface area contributed by atoms with E-state index in [1.54, 1.807) is 0 Å². The number of nitrogen functional groups attached to an aromatic ring is 1. The first-order chi connectivity index (χ1) is 6.18. The van der Waals surface area contributed by atoms with Gasteiger partial charge in [-0.2, -0.15) is 0 Å². The molecule has 13 heavy (non-hydrogen) atoms. The number of hydrogen-bond donors (Lipinski definition) is 1. The highest BCUT2D eigenvalue weighted by atomic mass is 14.9. The lowest BCUT2D eigenvalue weighted by Crippen LogP contribution is -1.96. The Labute approximate surface area is 76.6 Å². The summed E-state index contributed by atoms with van der Waals surface area (Å²) >= 11 is 0. The van der Waals surface area contributed by atoms with Gasteiger partial charge < -0.3 is 5.73 Å². The Balaban J connectivity index is 2.94. The number of anilines is 1. The van der Waals surface area contributed by atoms with Crippen LogP contribution in [-0.4, -0.2) is 9.97 Å². The second-order valence-corrected chi connectivity index (χ2v) is 3.10. The standard InChI is InChI=1S/C10H11N3/c1-6-8-4-3-5-9(11)10(8)13-7(2)12-6/h3-5H,11H2,1-2H3. The summed E-state index contributed by atoms with van der Waals surface area (Å²) < 4.78 is 0. The van der Waals surface area contributed by atoms with Gasteiger partial charge in [0.05, 0.1) is 11.2 Å². The first-order valence-electron chi connectivity index (χ1n) is 4.18. The van der Waals surface area contributed by atoms with Gasteiger partial charge in [-0.25, -0.2) is 9.97 Å². The number of aromatic nitrogens is 2. The van der Waals surface area contributed by atoms with Crippen LogP contribution in [0.3, 0.4) is 0 Å². The molecule has 3 heteroatoms. The van der Waals surface area contributed by atoms with Crippen molar-refractivity contribution in [2.75, 3.05) is 5.73 Å². The SMILES string of the molecule is Cc1nc(C)c2cccc(N)c2n1. The van der Waals surface area contributed by atoms with Gasteiger partial charge in [0, 0.05) is 11.1 Å². The Hall–Kier alpha value is -1.64. The van der Waals surface area contributed by atoms with E-state index in [2.05, 4.69) is 9.97 Å². The molecule has 0 unspecified atom stereocenters. The number of fused-ring (bicyclic) bond motifs is 1. The summed E-state index contributed by atoms with van der Waals surface area (Å²) in [5, 5.41) is 1.03. The molecule has 0 aliphatic carbocycles. The van der Waals surface area contributed by atoms with Gasteiger partial charge in [-0.05, 0) is 19.9 Å². The lowest BCUT2D eigenvalue weighted by molar-refractivity contribution is 1.05. The first-order valence-corrected chi connectivity index (χ1v) is 4.18. The topological polar surface area (TPSA) is 51.8 Å². The van der Waals surface area contributed by atoms with Crippen LogP contribution in [0.25, 0.3) is 10.9 Å². The Morgan fingerprint density at radius 2 is 1.92 bits per heavy atom. The van der Waals surface area contributed by atoms with Crippen LogP contribution in [0.1, 0.15) is 11.5 Å². The molecule has 0 spiro atoms. The second kappa shape index (κ2) is 2.69. The molecule has 1 aromatic heterocycles. The first kappa shape index (κ1) is 7.98. The largest absolute Gasteiger partial charge is 0.397 e. The van der Waals surface area contributed by atoms with Crippen LogP contribution in [0.15, 0.2) is 18.2 Å². The third-order valence-electron chi connectivity index (χ3n) is 2.06. The van der Waals surface area contributed by atoms with Crippen molar-refractivity contribution in [1.29, 1.82) is 0 Å². The fraction of sp³-hybridized carbons (Fsp3) is 0.200. The fourth-order valence-corrected chi connectivity index (χ4v) is 1.47. The Morgan fingerprint density at radius 3 is 2.69 bits per heavy atom. The molecule has 0 bridgehead atoms. The lowest BCUT2D eigenvalue weighted by Gasteiger charge is -2.04. The molecule has 0 radical (unpaired) electrons. The van der Waals surface area contributed by atoms with Gasteiger partial charge in [-0.15, -0.1) is 0 Å². The van der Waals surface area contributed by atoms with E-state index in [0.29, 0.717) is 5.69 Å². The zero-order valence-electron chi connectivity index (χ0n) is 7.70. The molecule has 2 N–H and O–H groups in total. The van der Waals surface area contributed by atoms with E-state index in [9.17, 15) is 0 Å². The van der Waals surface area contributed by atoms with Gasteiger partial charge in [-0.3, -0.25) is 0 Å². The summed E-state index contributed by atoms with van der Waals surface area (Å²) in [6, 6.07) is 5.76. The van der Waals surface area contributed by atoms with Crippen molar-refractivity contribution >= 4 is 16.6 Å². The minimum atomic E-state index is 0.714. The molecular formula is C10H11N3. The normalized spacial score (nSPS) is 10.6. The number of benzene rings is 1. The van der Waals surface area contributed by atoms with E-state index in [0.717, 1.165) is 22.4 Å². The molecule has 0 aliphatic rings. The van der Waals surface area contributed by atoms with Crippen LogP contribution in [0, 0.1) is 13.8 Å². The maximum Gasteiger partial charge on any atom is 0.126 e. The summed E-state index contributed by atoms with van der Waals surface area (Å²) in [5.41, 5.74) is 8.35. The van der Waals surface area contributed by atoms with Crippen molar-refractivity contribution < 1.29 is 0 Å². The molecule has 2 rings (SSSR count). The molecule has 0 saturated carbocycles. The van der Waals surface area contributed by atoms with Gasteiger partial charge >= 0.3 is 0 Å². The van der Waals surface area contributed by atoms with E-state index in [-0.39, 0.29) is 0 Å². The number of nitrogens with zero attached hydrogens (tertiary/aromatic N) is 2. The smallest absolute Gasteiger partial charge is 0.126 e. The average Bonchev–Trinajstić information content (AvgIpc) is 2.07. The van der Waals surface area contributed by atoms with E-state index < -0.39 is 0 Å². The zero-order chi connectivity index (χ0) is 9.42. The highest BCUT2D eigenvalue weighted by molar-refractivity contribution is 5.90. The van der Waals surface area contributed by atoms with Gasteiger partial charge in [-0.1, -0.05) is 12.1 Å². The Kier molecular flexibility index (Phi) is 1.65. The molecule has 1 aromatic carbocycles. The molecule has 0 saturated heterocycles. The highest BCUT2D eigenvalue weighted by Gasteiger charge is 2.03. The third kappa shape index (κ3) is 1.22. The number of para-hydroxylation sites is 1. The van der Waals surface area contributed by atoms with Crippen molar-refractivity contribution in [3.63, 3.8) is 0 Å². The second-order valence-electron chi connectivity index (χ2n) is 3.10. The summed E-state index contributed by atoms with van der Waals surface area (Å²) in [6.45, 7) is 3.84. The van der Waals surface area contributed by atoms with Gasteiger partial charge in [0.2, 0.25) is 0 Å². The van der Waals surface area contributed by atoms with Crippen molar-refractivity contribution in [2.45, 2.75) is 13.8 Å². The molecule has 0 amide bonds. The molecule has 0 aliphatic heterocycles. The minimum absolute atomic E-state index is 0.714. The minimum Gasteiger partial charge on any atom is -0.397 e. The number of aryl methyl sites for hydroxylation is 2. The van der Waals surface area contributed by atoms with Crippen molar-refractivity contribution in [3.05, 3.63) is 29.7 Å². The summed E-state index contributed by atoms with van der Waals surface area (Å²) in [5.74, 6) is 0.767. The highest BCUT2D eigenvalue weighted by Crippen LogP contribution is 2.20. The van der Waals surface area contributed by atoms with Crippen LogP contribution in [-0.2, 0) is 0 Å². The zero-order valence-corrected chi connectivity index (χ0v) is 7.70. The summed E-state index contributed by atoms with van der Waals surface area (Å²) in [7, 11) is 0. The Bertz CT molecular complexity index is 463.